The van der Waals surface area contributed by atoms with Gasteiger partial charge in [-0.15, -0.1) is 0 Å². The Labute approximate surface area is 116 Å². The van der Waals surface area contributed by atoms with E-state index in [9.17, 15) is 8.78 Å². The maximum atomic E-state index is 13.4. The van der Waals surface area contributed by atoms with Crippen molar-refractivity contribution in [1.82, 2.24) is 4.98 Å². The van der Waals surface area contributed by atoms with Gasteiger partial charge in [0.15, 0.2) is 5.82 Å². The van der Waals surface area contributed by atoms with E-state index in [0.717, 1.165) is 18.2 Å². The lowest BCUT2D eigenvalue weighted by molar-refractivity contribution is 0.603. The summed E-state index contributed by atoms with van der Waals surface area (Å²) in [6, 6.07) is 4.33. The molecule has 1 aromatic heterocycles. The Morgan fingerprint density at radius 1 is 1.00 bits per heavy atom. The number of nitrogens with one attached hydrogen (secondary N) is 1. The van der Waals surface area contributed by atoms with Crippen molar-refractivity contribution in [2.24, 2.45) is 0 Å². The number of halogens is 5. The van der Waals surface area contributed by atoms with Crippen LogP contribution >= 0.6 is 34.8 Å². The summed E-state index contributed by atoms with van der Waals surface area (Å²) in [7, 11) is 0. The topological polar surface area (TPSA) is 24.9 Å². The van der Waals surface area contributed by atoms with Gasteiger partial charge in [0.1, 0.15) is 16.8 Å². The van der Waals surface area contributed by atoms with Crippen molar-refractivity contribution in [3.63, 3.8) is 0 Å². The summed E-state index contributed by atoms with van der Waals surface area (Å²) in [5, 5.41) is 2.88. The highest BCUT2D eigenvalue weighted by atomic mass is 35.5. The lowest BCUT2D eigenvalue weighted by atomic mass is 10.3. The molecule has 1 N–H and O–H groups in total. The molecular weight excluding hydrogens is 304 g/mol. The van der Waals surface area contributed by atoms with Gasteiger partial charge in [-0.3, -0.25) is 0 Å². The van der Waals surface area contributed by atoms with Crippen molar-refractivity contribution in [3.05, 3.63) is 51.1 Å². The average molecular weight is 310 g/mol. The zero-order valence-corrected chi connectivity index (χ0v) is 10.9. The predicted molar refractivity (Wildman–Crippen MR) is 68.9 cm³/mol. The van der Waals surface area contributed by atoms with Crippen LogP contribution < -0.4 is 5.32 Å². The lowest BCUT2D eigenvalue weighted by Gasteiger charge is -2.09. The van der Waals surface area contributed by atoms with Gasteiger partial charge in [0.05, 0.1) is 15.7 Å². The molecule has 0 aliphatic carbocycles. The summed E-state index contributed by atoms with van der Waals surface area (Å²) in [4.78, 5) is 3.84. The molecule has 7 heteroatoms. The minimum absolute atomic E-state index is 0.0142. The van der Waals surface area contributed by atoms with Crippen LogP contribution in [-0.4, -0.2) is 4.98 Å². The molecule has 0 aliphatic heterocycles. The molecule has 0 bridgehead atoms. The second kappa shape index (κ2) is 5.26. The fourth-order valence-electron chi connectivity index (χ4n) is 1.25. The molecule has 94 valence electrons. The van der Waals surface area contributed by atoms with Crippen LogP contribution in [0.4, 0.5) is 20.3 Å². The van der Waals surface area contributed by atoms with Gasteiger partial charge in [-0.05, 0) is 18.2 Å². The third kappa shape index (κ3) is 2.83. The summed E-state index contributed by atoms with van der Waals surface area (Å²) >= 11 is 17.3. The molecule has 0 amide bonds. The van der Waals surface area contributed by atoms with Gasteiger partial charge in [-0.25, -0.2) is 13.8 Å². The molecule has 0 atom stereocenters. The average Bonchev–Trinajstić information content (AvgIpc) is 2.30. The number of aromatic nitrogens is 1. The highest BCUT2D eigenvalue weighted by molar-refractivity contribution is 6.43. The van der Waals surface area contributed by atoms with E-state index in [2.05, 4.69) is 10.3 Å². The van der Waals surface area contributed by atoms with Gasteiger partial charge in [-0.2, -0.15) is 0 Å². The molecule has 2 rings (SSSR count). The summed E-state index contributed by atoms with van der Waals surface area (Å²) in [5.74, 6) is -1.13. The standard InChI is InChI=1S/C11H5Cl3F2N2/c12-6-4-7(13)11(18-10(6)14)17-9-3-5(15)1-2-8(9)16/h1-4H,(H,17,18). The number of hydrogen-bond donors (Lipinski definition) is 1. The minimum Gasteiger partial charge on any atom is -0.336 e. The normalized spacial score (nSPS) is 10.5. The molecule has 2 nitrogen and oxygen atoms in total. The van der Waals surface area contributed by atoms with E-state index >= 15 is 0 Å². The van der Waals surface area contributed by atoms with Crippen LogP contribution in [0.2, 0.25) is 15.2 Å². The Kier molecular flexibility index (Phi) is 3.90. The zero-order chi connectivity index (χ0) is 13.3. The van der Waals surface area contributed by atoms with Crippen LogP contribution in [-0.2, 0) is 0 Å². The highest BCUT2D eigenvalue weighted by Gasteiger charge is 2.10. The molecule has 0 fully saturated rings. The summed E-state index contributed by atoms with van der Waals surface area (Å²) < 4.78 is 26.4. The summed E-state index contributed by atoms with van der Waals surface area (Å²) in [5.41, 5.74) is -0.0946. The van der Waals surface area contributed by atoms with Crippen LogP contribution in [0.5, 0.6) is 0 Å². The fourth-order valence-corrected chi connectivity index (χ4v) is 1.80. The molecule has 0 aliphatic rings. The molecule has 0 unspecified atom stereocenters. The monoisotopic (exact) mass is 308 g/mol. The van der Waals surface area contributed by atoms with Crippen molar-refractivity contribution in [2.45, 2.75) is 0 Å². The van der Waals surface area contributed by atoms with E-state index in [-0.39, 0.29) is 26.7 Å². The van der Waals surface area contributed by atoms with E-state index in [1.165, 1.54) is 6.07 Å². The first-order valence-electron chi connectivity index (χ1n) is 4.71. The van der Waals surface area contributed by atoms with Crippen molar-refractivity contribution in [2.75, 3.05) is 5.32 Å². The molecule has 1 heterocycles. The zero-order valence-electron chi connectivity index (χ0n) is 8.65. The number of anilines is 2. The van der Waals surface area contributed by atoms with Crippen LogP contribution in [0.25, 0.3) is 0 Å². The van der Waals surface area contributed by atoms with Crippen molar-refractivity contribution in [1.29, 1.82) is 0 Å². The first-order valence-corrected chi connectivity index (χ1v) is 5.84. The molecule has 2 aromatic rings. The quantitative estimate of drug-likeness (QED) is 0.784. The number of pyridine rings is 1. The summed E-state index contributed by atoms with van der Waals surface area (Å²) in [6.07, 6.45) is 0. The van der Waals surface area contributed by atoms with Gasteiger partial charge in [0.2, 0.25) is 0 Å². The van der Waals surface area contributed by atoms with Crippen molar-refractivity contribution < 1.29 is 8.78 Å². The number of rotatable bonds is 2. The first kappa shape index (κ1) is 13.3. The van der Waals surface area contributed by atoms with Gasteiger partial charge >= 0.3 is 0 Å². The van der Waals surface area contributed by atoms with Gasteiger partial charge in [-0.1, -0.05) is 34.8 Å². The lowest BCUT2D eigenvalue weighted by Crippen LogP contribution is -1.98. The Bertz CT molecular complexity index is 605. The minimum atomic E-state index is -0.639. The third-order valence-electron chi connectivity index (χ3n) is 2.07. The smallest absolute Gasteiger partial charge is 0.151 e. The van der Waals surface area contributed by atoms with E-state index < -0.39 is 11.6 Å². The molecule has 18 heavy (non-hydrogen) atoms. The highest BCUT2D eigenvalue weighted by Crippen LogP contribution is 2.31. The number of hydrogen-bond acceptors (Lipinski definition) is 2. The van der Waals surface area contributed by atoms with E-state index in [0.29, 0.717) is 0 Å². The summed E-state index contributed by atoms with van der Waals surface area (Å²) in [6.45, 7) is 0. The van der Waals surface area contributed by atoms with Gasteiger partial charge in [0, 0.05) is 6.07 Å². The van der Waals surface area contributed by atoms with E-state index in [1.807, 2.05) is 0 Å². The Morgan fingerprint density at radius 2 is 1.72 bits per heavy atom. The largest absolute Gasteiger partial charge is 0.336 e. The molecular formula is C11H5Cl3F2N2. The van der Waals surface area contributed by atoms with Gasteiger partial charge in [0.25, 0.3) is 0 Å². The van der Waals surface area contributed by atoms with Crippen LogP contribution in [0, 0.1) is 11.6 Å². The van der Waals surface area contributed by atoms with Crippen molar-refractivity contribution >= 4 is 46.3 Å². The SMILES string of the molecule is Fc1ccc(F)c(Nc2nc(Cl)c(Cl)cc2Cl)c1. The molecule has 0 radical (unpaired) electrons. The number of benzene rings is 1. The van der Waals surface area contributed by atoms with E-state index in [1.54, 1.807) is 0 Å². The Hall–Kier alpha value is -1.10. The third-order valence-corrected chi connectivity index (χ3v) is 3.03. The second-order valence-electron chi connectivity index (χ2n) is 3.34. The molecule has 1 aromatic carbocycles. The van der Waals surface area contributed by atoms with Crippen molar-refractivity contribution in [3.8, 4) is 0 Å². The Balaban J connectivity index is 2.40. The van der Waals surface area contributed by atoms with E-state index in [4.69, 9.17) is 34.8 Å². The fraction of sp³-hybridized carbons (Fsp3) is 0. The molecule has 0 spiro atoms. The van der Waals surface area contributed by atoms with Crippen LogP contribution in [0.15, 0.2) is 24.3 Å². The molecule has 0 saturated heterocycles. The van der Waals surface area contributed by atoms with Gasteiger partial charge < -0.3 is 5.32 Å². The number of nitrogens with zero attached hydrogens (tertiary/aromatic N) is 1. The second-order valence-corrected chi connectivity index (χ2v) is 4.51. The van der Waals surface area contributed by atoms with Crippen LogP contribution in [0.3, 0.4) is 0 Å². The maximum Gasteiger partial charge on any atom is 0.151 e. The van der Waals surface area contributed by atoms with Crippen LogP contribution in [0.1, 0.15) is 0 Å². The first-order chi connectivity index (χ1) is 8.47. The Morgan fingerprint density at radius 3 is 2.44 bits per heavy atom. The predicted octanol–water partition coefficient (Wildman–Crippen LogP) is 5.06. The molecule has 0 saturated carbocycles. The maximum absolute atomic E-state index is 13.4.